The molecule has 214 valence electrons. The van der Waals surface area contributed by atoms with Gasteiger partial charge in [-0.3, -0.25) is 0 Å². The molecular weight excluding hydrogens is 556 g/mol. The third-order valence-corrected chi connectivity index (χ3v) is 9.09. The normalized spacial score (nSPS) is 11.5. The number of hydrogen-bond donors (Lipinski definition) is 0. The fourth-order valence-electron chi connectivity index (χ4n) is 6.77. The van der Waals surface area contributed by atoms with Crippen molar-refractivity contribution in [3.63, 3.8) is 0 Å². The molecule has 0 spiro atoms. The van der Waals surface area contributed by atoms with Gasteiger partial charge in [-0.05, 0) is 55.9 Å². The molecule has 0 saturated carbocycles. The smallest absolute Gasteiger partial charge is 0.0972 e. The van der Waals surface area contributed by atoms with E-state index in [0.29, 0.717) is 0 Å². The van der Waals surface area contributed by atoms with Gasteiger partial charge in [-0.15, -0.1) is 0 Å². The molecule has 0 radical (unpaired) electrons. The van der Waals surface area contributed by atoms with Crippen LogP contribution in [0.3, 0.4) is 0 Å². The van der Waals surface area contributed by atoms with E-state index in [2.05, 4.69) is 164 Å². The Kier molecular flexibility index (Phi) is 6.17. The average Bonchev–Trinajstić information content (AvgIpc) is 3.14. The largest absolute Gasteiger partial charge is 0.245 e. The Labute approximate surface area is 267 Å². The quantitative estimate of drug-likeness (QED) is 0.192. The standard InChI is InChI=1S/C44H28N2/c1-2-10-32(11-3-1)41-27-23-33-21-22-34-24-28-42(46-44(34)43(33)45-41)40-26-25-37(38-14-6-7-15-39(38)40)31-19-17-30(18-20-31)36-16-8-12-29-9-4-5-13-35(29)36/h1-28H. The monoisotopic (exact) mass is 584 g/mol. The molecule has 9 aromatic rings. The highest BCUT2D eigenvalue weighted by Crippen LogP contribution is 2.38. The lowest BCUT2D eigenvalue weighted by atomic mass is 9.92. The minimum absolute atomic E-state index is 0.921. The van der Waals surface area contributed by atoms with Gasteiger partial charge in [0.05, 0.1) is 22.4 Å². The molecule has 0 aliphatic heterocycles. The number of benzene rings is 7. The van der Waals surface area contributed by atoms with Crippen molar-refractivity contribution in [2.45, 2.75) is 0 Å². The summed E-state index contributed by atoms with van der Waals surface area (Å²) >= 11 is 0. The molecule has 0 bridgehead atoms. The van der Waals surface area contributed by atoms with Gasteiger partial charge in [0, 0.05) is 21.9 Å². The van der Waals surface area contributed by atoms with Crippen LogP contribution in [0.15, 0.2) is 170 Å². The van der Waals surface area contributed by atoms with Crippen molar-refractivity contribution in [2.24, 2.45) is 0 Å². The summed E-state index contributed by atoms with van der Waals surface area (Å²) in [5, 5.41) is 7.10. The molecule has 0 atom stereocenters. The maximum absolute atomic E-state index is 5.27. The number of pyridine rings is 2. The fraction of sp³-hybridized carbons (Fsp3) is 0. The lowest BCUT2D eigenvalue weighted by Gasteiger charge is -2.13. The van der Waals surface area contributed by atoms with Crippen molar-refractivity contribution < 1.29 is 0 Å². The predicted octanol–water partition coefficient (Wildman–Crippen LogP) is 11.8. The lowest BCUT2D eigenvalue weighted by molar-refractivity contribution is 1.37. The Morgan fingerprint density at radius 1 is 0.261 bits per heavy atom. The van der Waals surface area contributed by atoms with Gasteiger partial charge in [-0.1, -0.05) is 158 Å². The van der Waals surface area contributed by atoms with E-state index in [9.17, 15) is 0 Å². The summed E-state index contributed by atoms with van der Waals surface area (Å²) in [5.74, 6) is 0. The van der Waals surface area contributed by atoms with Gasteiger partial charge in [0.1, 0.15) is 0 Å². The van der Waals surface area contributed by atoms with E-state index in [1.807, 2.05) is 6.07 Å². The number of nitrogens with zero attached hydrogens (tertiary/aromatic N) is 2. The van der Waals surface area contributed by atoms with E-state index in [0.717, 1.165) is 44.3 Å². The average molecular weight is 585 g/mol. The molecule has 2 heteroatoms. The zero-order chi connectivity index (χ0) is 30.5. The molecule has 2 aromatic heterocycles. The first-order valence-electron chi connectivity index (χ1n) is 15.7. The van der Waals surface area contributed by atoms with Crippen LogP contribution in [0.4, 0.5) is 0 Å². The van der Waals surface area contributed by atoms with Crippen LogP contribution in [0.25, 0.3) is 88.1 Å². The highest BCUT2D eigenvalue weighted by atomic mass is 14.8. The zero-order valence-corrected chi connectivity index (χ0v) is 25.1. The van der Waals surface area contributed by atoms with Gasteiger partial charge >= 0.3 is 0 Å². The van der Waals surface area contributed by atoms with Crippen molar-refractivity contribution in [1.29, 1.82) is 0 Å². The fourth-order valence-corrected chi connectivity index (χ4v) is 6.77. The first-order chi connectivity index (χ1) is 22.8. The number of hydrogen-bond acceptors (Lipinski definition) is 2. The van der Waals surface area contributed by atoms with Crippen LogP contribution >= 0.6 is 0 Å². The van der Waals surface area contributed by atoms with E-state index in [-0.39, 0.29) is 0 Å². The molecule has 7 aromatic carbocycles. The van der Waals surface area contributed by atoms with Crippen LogP contribution in [0.2, 0.25) is 0 Å². The second-order valence-corrected chi connectivity index (χ2v) is 11.8. The predicted molar refractivity (Wildman–Crippen MR) is 194 cm³/mol. The SMILES string of the molecule is c1ccc(-c2ccc3ccc4ccc(-c5ccc(-c6ccc(-c7cccc8ccccc78)cc6)c6ccccc56)nc4c3n2)cc1. The molecule has 0 unspecified atom stereocenters. The Morgan fingerprint density at radius 3 is 1.48 bits per heavy atom. The summed E-state index contributed by atoms with van der Waals surface area (Å²) in [4.78, 5) is 10.4. The van der Waals surface area contributed by atoms with Crippen LogP contribution in [0, 0.1) is 0 Å². The third kappa shape index (κ3) is 4.43. The van der Waals surface area contributed by atoms with Crippen LogP contribution in [0.1, 0.15) is 0 Å². The molecule has 0 fully saturated rings. The van der Waals surface area contributed by atoms with E-state index in [1.165, 1.54) is 43.8 Å². The van der Waals surface area contributed by atoms with Gasteiger partial charge in [0.2, 0.25) is 0 Å². The van der Waals surface area contributed by atoms with Crippen molar-refractivity contribution in [3.8, 4) is 44.8 Å². The Bertz CT molecular complexity index is 2560. The number of fused-ring (bicyclic) bond motifs is 5. The zero-order valence-electron chi connectivity index (χ0n) is 25.1. The minimum Gasteiger partial charge on any atom is -0.245 e. The summed E-state index contributed by atoms with van der Waals surface area (Å²) in [6, 6.07) is 60.4. The van der Waals surface area contributed by atoms with Crippen molar-refractivity contribution in [1.82, 2.24) is 9.97 Å². The number of aromatic nitrogens is 2. The Morgan fingerprint density at radius 2 is 0.761 bits per heavy atom. The van der Waals surface area contributed by atoms with Crippen molar-refractivity contribution >= 4 is 43.4 Å². The van der Waals surface area contributed by atoms with Gasteiger partial charge in [0.15, 0.2) is 0 Å². The molecule has 0 aliphatic rings. The van der Waals surface area contributed by atoms with E-state index in [1.54, 1.807) is 0 Å². The summed E-state index contributed by atoms with van der Waals surface area (Å²) < 4.78 is 0. The minimum atomic E-state index is 0.921. The van der Waals surface area contributed by atoms with Gasteiger partial charge in [-0.2, -0.15) is 0 Å². The molecule has 2 heterocycles. The molecule has 0 aliphatic carbocycles. The lowest BCUT2D eigenvalue weighted by Crippen LogP contribution is -1.92. The number of rotatable bonds is 4. The summed E-state index contributed by atoms with van der Waals surface area (Å²) in [5.41, 5.74) is 10.8. The van der Waals surface area contributed by atoms with Crippen LogP contribution in [-0.4, -0.2) is 9.97 Å². The molecule has 2 nitrogen and oxygen atoms in total. The van der Waals surface area contributed by atoms with E-state index < -0.39 is 0 Å². The highest BCUT2D eigenvalue weighted by Gasteiger charge is 2.13. The second-order valence-electron chi connectivity index (χ2n) is 11.8. The van der Waals surface area contributed by atoms with Crippen LogP contribution in [-0.2, 0) is 0 Å². The van der Waals surface area contributed by atoms with Gasteiger partial charge in [-0.25, -0.2) is 9.97 Å². The van der Waals surface area contributed by atoms with Crippen LogP contribution < -0.4 is 0 Å². The molecular formula is C44H28N2. The van der Waals surface area contributed by atoms with Gasteiger partial charge in [0.25, 0.3) is 0 Å². The molecule has 0 saturated heterocycles. The summed E-state index contributed by atoms with van der Waals surface area (Å²) in [7, 11) is 0. The van der Waals surface area contributed by atoms with Crippen molar-refractivity contribution in [2.75, 3.05) is 0 Å². The maximum atomic E-state index is 5.27. The van der Waals surface area contributed by atoms with E-state index >= 15 is 0 Å². The molecule has 0 N–H and O–H groups in total. The maximum Gasteiger partial charge on any atom is 0.0972 e. The van der Waals surface area contributed by atoms with Crippen molar-refractivity contribution in [3.05, 3.63) is 170 Å². The second kappa shape index (κ2) is 10.8. The topological polar surface area (TPSA) is 25.8 Å². The first kappa shape index (κ1) is 26.3. The first-order valence-corrected chi connectivity index (χ1v) is 15.7. The third-order valence-electron chi connectivity index (χ3n) is 9.09. The summed E-state index contributed by atoms with van der Waals surface area (Å²) in [6.07, 6.45) is 0. The molecule has 46 heavy (non-hydrogen) atoms. The highest BCUT2D eigenvalue weighted by molar-refractivity contribution is 6.07. The molecule has 0 amide bonds. The Balaban J connectivity index is 1.15. The van der Waals surface area contributed by atoms with E-state index in [4.69, 9.17) is 9.97 Å². The van der Waals surface area contributed by atoms with Crippen LogP contribution in [0.5, 0.6) is 0 Å². The molecule has 9 rings (SSSR count). The Hall–Kier alpha value is -6.12. The van der Waals surface area contributed by atoms with Gasteiger partial charge < -0.3 is 0 Å². The summed E-state index contributed by atoms with van der Waals surface area (Å²) in [6.45, 7) is 0.